The van der Waals surface area contributed by atoms with E-state index in [9.17, 15) is 13.5 Å². The largest absolute Gasteiger partial charge is 0.497 e. The van der Waals surface area contributed by atoms with Crippen molar-refractivity contribution in [1.82, 2.24) is 0 Å². The average molecular weight is 319 g/mol. The third kappa shape index (κ3) is 2.44. The lowest BCUT2D eigenvalue weighted by molar-refractivity contribution is 0.166. The van der Waals surface area contributed by atoms with Gasteiger partial charge in [-0.05, 0) is 24.6 Å². The second kappa shape index (κ2) is 5.62. The third-order valence-corrected chi connectivity index (χ3v) is 5.63. The van der Waals surface area contributed by atoms with Gasteiger partial charge in [0.1, 0.15) is 5.75 Å². The number of nitrogens with zero attached hydrogens (tertiary/aromatic N) is 1. The van der Waals surface area contributed by atoms with Gasteiger partial charge in [0, 0.05) is 18.2 Å². The number of ether oxygens (including phenoxy) is 1. The van der Waals surface area contributed by atoms with Crippen molar-refractivity contribution in [2.24, 2.45) is 0 Å². The van der Waals surface area contributed by atoms with Crippen molar-refractivity contribution in [3.8, 4) is 5.75 Å². The first-order valence-electron chi connectivity index (χ1n) is 6.98. The SMILES string of the molecule is COc1ccc2c(c1)N(S(=O)(=O)c1ccccc1)CCC2O. The molecule has 116 valence electrons. The molecule has 6 heteroatoms. The summed E-state index contributed by atoms with van der Waals surface area (Å²) in [4.78, 5) is 0.236. The molecule has 2 aromatic carbocycles. The fraction of sp³-hybridized carbons (Fsp3) is 0.250. The fourth-order valence-corrected chi connectivity index (χ4v) is 4.15. The molecule has 0 amide bonds. The van der Waals surface area contributed by atoms with Crippen LogP contribution in [0.15, 0.2) is 53.4 Å². The van der Waals surface area contributed by atoms with Crippen LogP contribution in [-0.2, 0) is 10.0 Å². The van der Waals surface area contributed by atoms with Gasteiger partial charge >= 0.3 is 0 Å². The summed E-state index contributed by atoms with van der Waals surface area (Å²) in [6, 6.07) is 13.4. The molecule has 0 fully saturated rings. The molecule has 1 atom stereocenters. The number of sulfonamides is 1. The predicted molar refractivity (Wildman–Crippen MR) is 83.5 cm³/mol. The number of hydrogen-bond acceptors (Lipinski definition) is 4. The second-order valence-corrected chi connectivity index (χ2v) is 6.98. The molecule has 0 saturated carbocycles. The molecule has 0 aliphatic carbocycles. The molecule has 0 saturated heterocycles. The molecule has 1 heterocycles. The smallest absolute Gasteiger partial charge is 0.264 e. The molecule has 1 N–H and O–H groups in total. The van der Waals surface area contributed by atoms with Crippen LogP contribution in [0.3, 0.4) is 0 Å². The number of fused-ring (bicyclic) bond motifs is 1. The van der Waals surface area contributed by atoms with Crippen molar-refractivity contribution in [2.45, 2.75) is 17.4 Å². The van der Waals surface area contributed by atoms with E-state index in [1.807, 2.05) is 0 Å². The minimum atomic E-state index is -3.66. The Morgan fingerprint density at radius 3 is 2.59 bits per heavy atom. The number of benzene rings is 2. The van der Waals surface area contributed by atoms with Gasteiger partial charge in [-0.3, -0.25) is 4.31 Å². The predicted octanol–water partition coefficient (Wildman–Crippen LogP) is 2.33. The number of anilines is 1. The van der Waals surface area contributed by atoms with Crippen LogP contribution in [0.5, 0.6) is 5.75 Å². The minimum absolute atomic E-state index is 0.235. The zero-order valence-electron chi connectivity index (χ0n) is 12.1. The molecule has 5 nitrogen and oxygen atoms in total. The maximum atomic E-state index is 12.9. The quantitative estimate of drug-likeness (QED) is 0.943. The summed E-state index contributed by atoms with van der Waals surface area (Å²) in [7, 11) is -2.13. The summed E-state index contributed by atoms with van der Waals surface area (Å²) in [6.07, 6.45) is -0.297. The van der Waals surface area contributed by atoms with E-state index >= 15 is 0 Å². The van der Waals surface area contributed by atoms with E-state index in [1.54, 1.807) is 48.5 Å². The first-order valence-corrected chi connectivity index (χ1v) is 8.42. The van der Waals surface area contributed by atoms with Crippen LogP contribution < -0.4 is 9.04 Å². The van der Waals surface area contributed by atoms with Gasteiger partial charge in [0.05, 0.1) is 23.8 Å². The highest BCUT2D eigenvalue weighted by molar-refractivity contribution is 7.92. The Labute approximate surface area is 129 Å². The summed E-state index contributed by atoms with van der Waals surface area (Å²) in [5.41, 5.74) is 1.08. The fourth-order valence-electron chi connectivity index (χ4n) is 2.63. The van der Waals surface area contributed by atoms with E-state index in [4.69, 9.17) is 4.74 Å². The van der Waals surface area contributed by atoms with Crippen LogP contribution >= 0.6 is 0 Å². The molecule has 1 aliphatic heterocycles. The van der Waals surface area contributed by atoms with Crippen LogP contribution in [-0.4, -0.2) is 27.2 Å². The van der Waals surface area contributed by atoms with E-state index < -0.39 is 16.1 Å². The second-order valence-electron chi connectivity index (χ2n) is 5.12. The van der Waals surface area contributed by atoms with E-state index in [0.717, 1.165) is 0 Å². The molecule has 0 spiro atoms. The minimum Gasteiger partial charge on any atom is -0.497 e. The standard InChI is InChI=1S/C16H17NO4S/c1-21-12-7-8-14-15(11-12)17(10-9-16(14)18)22(19,20)13-5-3-2-4-6-13/h2-8,11,16,18H,9-10H2,1H3. The zero-order valence-corrected chi connectivity index (χ0v) is 13.0. The lowest BCUT2D eigenvalue weighted by Gasteiger charge is -2.33. The van der Waals surface area contributed by atoms with Gasteiger partial charge in [-0.25, -0.2) is 8.42 Å². The maximum absolute atomic E-state index is 12.9. The Kier molecular flexibility index (Phi) is 3.80. The van der Waals surface area contributed by atoms with Gasteiger partial charge in [-0.1, -0.05) is 24.3 Å². The molecule has 2 aromatic rings. The van der Waals surface area contributed by atoms with Gasteiger partial charge in [0.2, 0.25) is 0 Å². The summed E-state index contributed by atoms with van der Waals surface area (Å²) in [5.74, 6) is 0.557. The molecule has 0 aromatic heterocycles. The maximum Gasteiger partial charge on any atom is 0.264 e. The highest BCUT2D eigenvalue weighted by Gasteiger charge is 2.32. The number of aliphatic hydroxyl groups excluding tert-OH is 1. The van der Waals surface area contributed by atoms with Gasteiger partial charge in [0.15, 0.2) is 0 Å². The lowest BCUT2D eigenvalue weighted by Crippen LogP contribution is -2.36. The van der Waals surface area contributed by atoms with Crippen molar-refractivity contribution in [2.75, 3.05) is 18.0 Å². The third-order valence-electron chi connectivity index (χ3n) is 3.80. The first-order chi connectivity index (χ1) is 10.5. The highest BCUT2D eigenvalue weighted by Crippen LogP contribution is 2.39. The first kappa shape index (κ1) is 14.9. The van der Waals surface area contributed by atoms with Crippen LogP contribution in [0.4, 0.5) is 5.69 Å². The molecule has 0 bridgehead atoms. The van der Waals surface area contributed by atoms with Crippen LogP contribution in [0.2, 0.25) is 0 Å². The van der Waals surface area contributed by atoms with E-state index in [-0.39, 0.29) is 11.4 Å². The van der Waals surface area contributed by atoms with Crippen LogP contribution in [0.1, 0.15) is 18.1 Å². The van der Waals surface area contributed by atoms with Crippen molar-refractivity contribution >= 4 is 15.7 Å². The zero-order chi connectivity index (χ0) is 15.7. The van der Waals surface area contributed by atoms with Gasteiger partial charge in [-0.2, -0.15) is 0 Å². The Hall–Kier alpha value is -2.05. The average Bonchev–Trinajstić information content (AvgIpc) is 2.55. The summed E-state index contributed by atoms with van der Waals surface area (Å²) in [6.45, 7) is 0.235. The molecular formula is C16H17NO4S. The van der Waals surface area contributed by atoms with Crippen molar-refractivity contribution in [3.05, 3.63) is 54.1 Å². The van der Waals surface area contributed by atoms with Crippen molar-refractivity contribution in [1.29, 1.82) is 0 Å². The number of methoxy groups -OCH3 is 1. The molecule has 1 aliphatic rings. The number of rotatable bonds is 3. The van der Waals surface area contributed by atoms with E-state index in [1.165, 1.54) is 11.4 Å². The summed E-state index contributed by atoms with van der Waals surface area (Å²) >= 11 is 0. The Morgan fingerprint density at radius 2 is 1.91 bits per heavy atom. The molecular weight excluding hydrogens is 302 g/mol. The molecule has 3 rings (SSSR count). The highest BCUT2D eigenvalue weighted by atomic mass is 32.2. The molecule has 22 heavy (non-hydrogen) atoms. The Balaban J connectivity index is 2.12. The summed E-state index contributed by atoms with van der Waals surface area (Å²) in [5, 5.41) is 10.1. The van der Waals surface area contributed by atoms with Crippen LogP contribution in [0, 0.1) is 0 Å². The van der Waals surface area contributed by atoms with Gasteiger partial charge < -0.3 is 9.84 Å². The lowest BCUT2D eigenvalue weighted by atomic mass is 10.0. The van der Waals surface area contributed by atoms with E-state index in [0.29, 0.717) is 23.4 Å². The topological polar surface area (TPSA) is 66.8 Å². The van der Waals surface area contributed by atoms with Crippen molar-refractivity contribution in [3.63, 3.8) is 0 Å². The number of hydrogen-bond donors (Lipinski definition) is 1. The van der Waals surface area contributed by atoms with Crippen LogP contribution in [0.25, 0.3) is 0 Å². The van der Waals surface area contributed by atoms with E-state index in [2.05, 4.69) is 0 Å². The monoisotopic (exact) mass is 319 g/mol. The Bertz CT molecular complexity index is 774. The molecule has 0 radical (unpaired) electrons. The normalized spacial score (nSPS) is 17.9. The summed E-state index contributed by atoms with van der Waals surface area (Å²) < 4.78 is 32.2. The van der Waals surface area contributed by atoms with Gasteiger partial charge in [-0.15, -0.1) is 0 Å². The van der Waals surface area contributed by atoms with Crippen molar-refractivity contribution < 1.29 is 18.3 Å². The molecule has 1 unspecified atom stereocenters. The Morgan fingerprint density at radius 1 is 1.18 bits per heavy atom. The number of aliphatic hydroxyl groups is 1. The van der Waals surface area contributed by atoms with Gasteiger partial charge in [0.25, 0.3) is 10.0 Å².